The molecule has 0 radical (unpaired) electrons. The number of rotatable bonds is 9. The monoisotopic (exact) mass is 490 g/mol. The van der Waals surface area contributed by atoms with Crippen molar-refractivity contribution in [2.45, 2.75) is 11.7 Å². The molecule has 8 heteroatoms. The molecule has 0 saturated carbocycles. The molecule has 6 nitrogen and oxygen atoms in total. The van der Waals surface area contributed by atoms with Gasteiger partial charge in [-0.1, -0.05) is 65.8 Å². The van der Waals surface area contributed by atoms with Gasteiger partial charge in [-0.15, -0.1) is 0 Å². The molecule has 172 valence electrons. The van der Waals surface area contributed by atoms with Crippen molar-refractivity contribution in [2.24, 2.45) is 5.10 Å². The highest BCUT2D eigenvalue weighted by Gasteiger charge is 2.13. The van der Waals surface area contributed by atoms with Crippen molar-refractivity contribution >= 4 is 52.6 Å². The van der Waals surface area contributed by atoms with Gasteiger partial charge in [0.15, 0.2) is 5.16 Å². The number of amides is 1. The maximum absolute atomic E-state index is 12.3. The lowest BCUT2D eigenvalue weighted by atomic mass is 10.2. The molecule has 0 atom stereocenters. The summed E-state index contributed by atoms with van der Waals surface area (Å²) in [5.41, 5.74) is 6.48. The Morgan fingerprint density at radius 1 is 1.12 bits per heavy atom. The van der Waals surface area contributed by atoms with E-state index < -0.39 is 0 Å². The predicted molar refractivity (Wildman–Crippen MR) is 140 cm³/mol. The molecule has 3 aromatic carbocycles. The SMILES string of the molecule is COc1ccccc1/C=C/C=N/NC(=O)CSc1nc2ccccc2n1Cc1ccc(Cl)cc1. The molecule has 1 amide bonds. The predicted octanol–water partition coefficient (Wildman–Crippen LogP) is 5.65. The first-order chi connectivity index (χ1) is 16.6. The lowest BCUT2D eigenvalue weighted by Crippen LogP contribution is -2.19. The van der Waals surface area contributed by atoms with Gasteiger partial charge in [0.05, 0.1) is 30.4 Å². The number of nitrogens with zero attached hydrogens (tertiary/aromatic N) is 3. The van der Waals surface area contributed by atoms with Crippen molar-refractivity contribution in [1.82, 2.24) is 15.0 Å². The Balaban J connectivity index is 1.38. The van der Waals surface area contributed by atoms with Crippen molar-refractivity contribution in [3.63, 3.8) is 0 Å². The number of para-hydroxylation sites is 3. The first-order valence-corrected chi connectivity index (χ1v) is 11.9. The molecule has 1 aromatic heterocycles. The van der Waals surface area contributed by atoms with Crippen LogP contribution in [0.4, 0.5) is 0 Å². The molecule has 0 aliphatic heterocycles. The van der Waals surface area contributed by atoms with E-state index in [4.69, 9.17) is 21.3 Å². The minimum absolute atomic E-state index is 0.192. The zero-order valence-corrected chi connectivity index (χ0v) is 20.1. The van der Waals surface area contributed by atoms with Crippen LogP contribution in [0.25, 0.3) is 17.1 Å². The lowest BCUT2D eigenvalue weighted by molar-refractivity contribution is -0.118. The molecule has 4 aromatic rings. The molecular formula is C26H23ClN4O2S. The normalized spacial score (nSPS) is 11.5. The van der Waals surface area contributed by atoms with E-state index in [1.807, 2.05) is 78.9 Å². The van der Waals surface area contributed by atoms with E-state index >= 15 is 0 Å². The lowest BCUT2D eigenvalue weighted by Gasteiger charge is -2.09. The number of allylic oxidation sites excluding steroid dienone is 1. The molecule has 0 aliphatic carbocycles. The average Bonchev–Trinajstić information content (AvgIpc) is 3.21. The largest absolute Gasteiger partial charge is 0.496 e. The third-order valence-corrected chi connectivity index (χ3v) is 6.20. The molecule has 0 aliphatic rings. The van der Waals surface area contributed by atoms with Gasteiger partial charge in [-0.3, -0.25) is 4.79 Å². The molecule has 34 heavy (non-hydrogen) atoms. The Morgan fingerprint density at radius 2 is 1.88 bits per heavy atom. The van der Waals surface area contributed by atoms with Crippen molar-refractivity contribution in [3.05, 3.63) is 95.0 Å². The Kier molecular flexibility index (Phi) is 8.01. The molecule has 1 N–H and O–H groups in total. The number of imidazole rings is 1. The number of hydrazone groups is 1. The summed E-state index contributed by atoms with van der Waals surface area (Å²) in [6.45, 7) is 0.632. The van der Waals surface area contributed by atoms with Crippen LogP contribution < -0.4 is 10.2 Å². The topological polar surface area (TPSA) is 68.5 Å². The number of halogens is 1. The summed E-state index contributed by atoms with van der Waals surface area (Å²) in [5, 5.41) is 5.46. The molecule has 0 saturated heterocycles. The molecule has 0 spiro atoms. The molecule has 0 fully saturated rings. The van der Waals surface area contributed by atoms with E-state index in [0.717, 1.165) is 33.1 Å². The number of carbonyl (C=O) groups excluding carboxylic acids is 1. The summed E-state index contributed by atoms with van der Waals surface area (Å²) in [4.78, 5) is 17.0. The fourth-order valence-electron chi connectivity index (χ4n) is 3.35. The van der Waals surface area contributed by atoms with Crippen molar-refractivity contribution < 1.29 is 9.53 Å². The standard InChI is InChI=1S/C26H23ClN4O2S/c1-33-24-11-5-2-7-20(24)8-6-16-28-30-25(32)18-34-26-29-22-9-3-4-10-23(22)31(26)17-19-12-14-21(27)15-13-19/h2-16H,17-18H2,1H3,(H,30,32)/b8-6+,28-16+. The third-order valence-electron chi connectivity index (χ3n) is 4.97. The summed E-state index contributed by atoms with van der Waals surface area (Å²) in [6.07, 6.45) is 5.14. The second-order valence-corrected chi connectivity index (χ2v) is 8.68. The summed E-state index contributed by atoms with van der Waals surface area (Å²) >= 11 is 7.40. The number of benzene rings is 3. The fraction of sp³-hybridized carbons (Fsp3) is 0.115. The third kappa shape index (κ3) is 6.07. The number of fused-ring (bicyclic) bond motifs is 1. The van der Waals surface area contributed by atoms with Crippen LogP contribution in [0.15, 0.2) is 89.1 Å². The maximum atomic E-state index is 12.3. The number of aromatic nitrogens is 2. The zero-order valence-electron chi connectivity index (χ0n) is 18.5. The highest BCUT2D eigenvalue weighted by Crippen LogP contribution is 2.25. The van der Waals surface area contributed by atoms with Gasteiger partial charge >= 0.3 is 0 Å². The van der Waals surface area contributed by atoms with Gasteiger partial charge in [0.25, 0.3) is 5.91 Å². The number of carbonyl (C=O) groups is 1. The van der Waals surface area contributed by atoms with Crippen molar-refractivity contribution in [2.75, 3.05) is 12.9 Å². The van der Waals surface area contributed by atoms with Gasteiger partial charge in [0.1, 0.15) is 5.75 Å². The summed E-state index contributed by atoms with van der Waals surface area (Å²) in [5.74, 6) is 0.753. The Bertz CT molecular complexity index is 1330. The number of methoxy groups -OCH3 is 1. The first kappa shape index (κ1) is 23.6. The number of thioether (sulfide) groups is 1. The quantitative estimate of drug-likeness (QED) is 0.187. The van der Waals surface area contributed by atoms with Gasteiger partial charge in [0.2, 0.25) is 0 Å². The van der Waals surface area contributed by atoms with Gasteiger partial charge in [-0.25, -0.2) is 10.4 Å². The van der Waals surface area contributed by atoms with Gasteiger partial charge in [-0.2, -0.15) is 5.10 Å². The van der Waals surface area contributed by atoms with Crippen LogP contribution in [0.3, 0.4) is 0 Å². The Labute approximate surface area is 207 Å². The molecule has 0 unspecified atom stereocenters. The van der Waals surface area contributed by atoms with Crippen LogP contribution in [0.5, 0.6) is 5.75 Å². The minimum atomic E-state index is -0.211. The minimum Gasteiger partial charge on any atom is -0.496 e. The molecule has 0 bridgehead atoms. The van der Waals surface area contributed by atoms with Gasteiger partial charge in [-0.05, 0) is 48.0 Å². The van der Waals surface area contributed by atoms with Crippen LogP contribution >= 0.6 is 23.4 Å². The molecule has 1 heterocycles. The summed E-state index contributed by atoms with van der Waals surface area (Å²) in [6, 6.07) is 23.3. The number of ether oxygens (including phenoxy) is 1. The van der Waals surface area contributed by atoms with Crippen LogP contribution in [0.1, 0.15) is 11.1 Å². The van der Waals surface area contributed by atoms with Gasteiger partial charge in [0, 0.05) is 16.8 Å². The van der Waals surface area contributed by atoms with Crippen molar-refractivity contribution in [3.8, 4) is 5.75 Å². The number of hydrogen-bond donors (Lipinski definition) is 1. The second kappa shape index (κ2) is 11.5. The zero-order chi connectivity index (χ0) is 23.8. The van der Waals surface area contributed by atoms with Crippen LogP contribution in [0, 0.1) is 0 Å². The van der Waals surface area contributed by atoms with Crippen LogP contribution in [0.2, 0.25) is 5.02 Å². The number of hydrogen-bond acceptors (Lipinski definition) is 5. The second-order valence-electron chi connectivity index (χ2n) is 7.30. The highest BCUT2D eigenvalue weighted by molar-refractivity contribution is 7.99. The van der Waals surface area contributed by atoms with E-state index in [1.54, 1.807) is 13.2 Å². The smallest absolute Gasteiger partial charge is 0.250 e. The van der Waals surface area contributed by atoms with E-state index in [1.165, 1.54) is 18.0 Å². The molecular weight excluding hydrogens is 468 g/mol. The number of nitrogens with one attached hydrogen (secondary N) is 1. The Morgan fingerprint density at radius 3 is 2.71 bits per heavy atom. The highest BCUT2D eigenvalue weighted by atomic mass is 35.5. The maximum Gasteiger partial charge on any atom is 0.250 e. The van der Waals surface area contributed by atoms with E-state index in [2.05, 4.69) is 15.1 Å². The summed E-state index contributed by atoms with van der Waals surface area (Å²) in [7, 11) is 1.63. The van der Waals surface area contributed by atoms with E-state index in [-0.39, 0.29) is 11.7 Å². The summed E-state index contributed by atoms with van der Waals surface area (Å²) < 4.78 is 7.41. The van der Waals surface area contributed by atoms with E-state index in [0.29, 0.717) is 11.6 Å². The van der Waals surface area contributed by atoms with E-state index in [9.17, 15) is 4.79 Å². The average molecular weight is 491 g/mol. The van der Waals surface area contributed by atoms with Crippen LogP contribution in [-0.2, 0) is 11.3 Å². The van der Waals surface area contributed by atoms with Gasteiger partial charge < -0.3 is 9.30 Å². The first-order valence-electron chi connectivity index (χ1n) is 10.6. The van der Waals surface area contributed by atoms with Crippen molar-refractivity contribution in [1.29, 1.82) is 0 Å². The fourth-order valence-corrected chi connectivity index (χ4v) is 4.29. The Hall–Kier alpha value is -3.55. The van der Waals surface area contributed by atoms with Crippen LogP contribution in [-0.4, -0.2) is 34.5 Å². The molecule has 4 rings (SSSR count).